The van der Waals surface area contributed by atoms with Crippen LogP contribution in [0.25, 0.3) is 0 Å². The zero-order chi connectivity index (χ0) is 105. The average Bonchev–Trinajstić information content (AvgIpc) is 1.75. The number of aliphatic hydroxyl groups is 5. The van der Waals surface area contributed by atoms with E-state index in [-0.39, 0.29) is 202 Å². The molecule has 10 unspecified atom stereocenters. The molecule has 1 aliphatic rings. The average molecular weight is 2020 g/mol. The number of pyridine rings is 1. The third-order valence-electron chi connectivity index (χ3n) is 22.9. The summed E-state index contributed by atoms with van der Waals surface area (Å²) >= 11 is 0. The summed E-state index contributed by atoms with van der Waals surface area (Å²) in [6.45, 7) is 22.0. The number of aromatic nitrogens is 1. The van der Waals surface area contributed by atoms with Gasteiger partial charge in [-0.25, -0.2) is 9.78 Å². The summed E-state index contributed by atoms with van der Waals surface area (Å²) < 4.78 is 74.1. The number of benzene rings is 1. The van der Waals surface area contributed by atoms with Gasteiger partial charge in [-0.15, -0.1) is 0 Å². The minimum Gasteiger partial charge on any atom is -0.481 e. The van der Waals surface area contributed by atoms with Crippen molar-refractivity contribution in [3.8, 4) is 0 Å². The summed E-state index contributed by atoms with van der Waals surface area (Å²) in [5, 5.41) is 68.4. The van der Waals surface area contributed by atoms with Crippen LogP contribution in [0.1, 0.15) is 211 Å². The van der Waals surface area contributed by atoms with Crippen molar-refractivity contribution in [3.63, 3.8) is 0 Å². The Balaban J connectivity index is 0.00000257. The fourth-order valence-corrected chi connectivity index (χ4v) is 16.4. The number of hydrogen-bond donors (Lipinski definition) is 11. The molecule has 139 heavy (non-hydrogen) atoms. The van der Waals surface area contributed by atoms with E-state index in [0.29, 0.717) is 57.9 Å². The van der Waals surface area contributed by atoms with Crippen LogP contribution in [0.5, 0.6) is 0 Å². The smallest absolute Gasteiger partial charge is 0.328 e. The molecule has 42 heteroatoms. The largest absolute Gasteiger partial charge is 0.481 e. The number of carbonyl (C=O) groups excluding carboxylic acids is 11. The predicted octanol–water partition coefficient (Wildman–Crippen LogP) is 7.08. The lowest BCUT2D eigenvalue weighted by atomic mass is 9.79. The number of methoxy groups -OCH3 is 6. The SMILES string of the molecule is CCC(CO)OC(CO)OC.CCC(CO)OC(COC(=O)CCCC(=O)NC(C)C(=O)OCCCNC(=O)[C@H](Cc1ccccc1)NC(=O)[C@H](C)[C@@H](OC)[C@@H]1CCCC1C(=O)C[C@@H](OC)[C@H]([C@@H](C)CC)N(C)C(=O)[C@@H](NC(=O)[C@H](C(C)C)N(C)C)C(C)C)OC.CCC(CO)OC(COC(=O)CCCC(=O)NCCSSc1ccccn1)OC.CCC(CO)OC(COC(=O)CCCC(=O)O)OC. The van der Waals surface area contributed by atoms with Crippen LogP contribution in [0.4, 0.5) is 0 Å². The Labute approximate surface area is 830 Å². The lowest BCUT2D eigenvalue weighted by Crippen LogP contribution is -2.59. The highest BCUT2D eigenvalue weighted by molar-refractivity contribution is 8.76. The second kappa shape index (κ2) is 78.7. The summed E-state index contributed by atoms with van der Waals surface area (Å²) in [6, 6.07) is 11.3. The first-order valence-corrected chi connectivity index (χ1v) is 50.5. The molecule has 6 amide bonds. The van der Waals surface area contributed by atoms with E-state index in [1.165, 1.54) is 42.5 Å². The number of aliphatic hydroxyl groups excluding tert-OH is 5. The number of carboxylic acid groups (broad SMARTS) is 1. The molecular formula is C97H168N8O32S2. The van der Waals surface area contributed by atoms with Crippen molar-refractivity contribution in [3.05, 3.63) is 60.3 Å². The summed E-state index contributed by atoms with van der Waals surface area (Å²) in [5.74, 6) is -6.13. The number of carbonyl (C=O) groups is 12. The predicted molar refractivity (Wildman–Crippen MR) is 521 cm³/mol. The maximum atomic E-state index is 14.6. The molecule has 0 bridgehead atoms. The Kier molecular flexibility index (Phi) is 74.4. The van der Waals surface area contributed by atoms with Crippen molar-refractivity contribution >= 4 is 92.7 Å². The molecule has 19 atom stereocenters. The van der Waals surface area contributed by atoms with Crippen LogP contribution >= 0.6 is 21.6 Å². The number of hydrogen-bond acceptors (Lipinski definition) is 35. The molecule has 40 nitrogen and oxygen atoms in total. The van der Waals surface area contributed by atoms with Gasteiger partial charge >= 0.3 is 29.8 Å². The molecule has 1 heterocycles. The quantitative estimate of drug-likeness (QED) is 0.0104. The number of rotatable bonds is 72. The lowest BCUT2D eigenvalue weighted by molar-refractivity contribution is -0.194. The highest BCUT2D eigenvalue weighted by Crippen LogP contribution is 2.40. The number of esters is 4. The summed E-state index contributed by atoms with van der Waals surface area (Å²) in [5.41, 5.74) is 0.810. The van der Waals surface area contributed by atoms with Crippen LogP contribution in [0.15, 0.2) is 59.8 Å². The van der Waals surface area contributed by atoms with E-state index < -0.39 is 133 Å². The molecule has 11 N–H and O–H groups in total. The van der Waals surface area contributed by atoms with E-state index in [1.807, 2.05) is 137 Å². The van der Waals surface area contributed by atoms with Crippen LogP contribution in [-0.4, -0.2) is 351 Å². The van der Waals surface area contributed by atoms with Crippen LogP contribution < -0.4 is 26.6 Å². The fourth-order valence-electron chi connectivity index (χ4n) is 14.6. The zero-order valence-electron chi connectivity index (χ0n) is 85.9. The van der Waals surface area contributed by atoms with E-state index >= 15 is 0 Å². The number of Topliss-reactive ketones (excluding diaryl/α,β-unsaturated/α-hetero) is 1. The van der Waals surface area contributed by atoms with Crippen molar-refractivity contribution < 1.29 is 154 Å². The number of ether oxygens (including phenoxy) is 14. The second-order valence-corrected chi connectivity index (χ2v) is 36.8. The monoisotopic (exact) mass is 2020 g/mol. The van der Waals surface area contributed by atoms with Gasteiger partial charge in [-0.1, -0.05) is 136 Å². The van der Waals surface area contributed by atoms with Gasteiger partial charge in [-0.05, 0) is 137 Å². The first-order valence-electron chi connectivity index (χ1n) is 48.1. The maximum absolute atomic E-state index is 14.6. The normalized spacial score (nSPS) is 16.6. The van der Waals surface area contributed by atoms with Crippen LogP contribution in [-0.2, 0) is 130 Å². The number of amides is 6. The lowest BCUT2D eigenvalue weighted by Gasteiger charge is -2.40. The highest BCUT2D eigenvalue weighted by Gasteiger charge is 2.46. The fraction of sp³-hybridized carbons (Fsp3) is 0.763. The molecule has 1 fully saturated rings. The van der Waals surface area contributed by atoms with Gasteiger partial charge in [0.05, 0.1) is 94.3 Å². The zero-order valence-corrected chi connectivity index (χ0v) is 87.5. The third-order valence-corrected chi connectivity index (χ3v) is 25.1. The molecule has 3 rings (SSSR count). The van der Waals surface area contributed by atoms with Crippen molar-refractivity contribution in [1.29, 1.82) is 0 Å². The number of nitrogens with one attached hydrogen (secondary N) is 5. The molecule has 0 aliphatic heterocycles. The Morgan fingerprint density at radius 2 is 1.00 bits per heavy atom. The summed E-state index contributed by atoms with van der Waals surface area (Å²) in [7, 11) is 17.4. The summed E-state index contributed by atoms with van der Waals surface area (Å²) in [4.78, 5) is 161. The minimum absolute atomic E-state index is 0.00955. The first kappa shape index (κ1) is 131. The van der Waals surface area contributed by atoms with Gasteiger partial charge in [0, 0.05) is 132 Å². The van der Waals surface area contributed by atoms with Crippen LogP contribution in [0.3, 0.4) is 0 Å². The minimum atomic E-state index is -0.986. The topological polar surface area (TPSA) is 535 Å². The van der Waals surface area contributed by atoms with E-state index in [9.17, 15) is 62.6 Å². The molecule has 2 aromatic rings. The molecular weight excluding hydrogens is 1850 g/mol. The van der Waals surface area contributed by atoms with Crippen molar-refractivity contribution in [2.75, 3.05) is 142 Å². The van der Waals surface area contributed by atoms with Crippen molar-refractivity contribution in [2.24, 2.45) is 35.5 Å². The van der Waals surface area contributed by atoms with Crippen LogP contribution in [0, 0.1) is 35.5 Å². The summed E-state index contributed by atoms with van der Waals surface area (Å²) in [6.07, 6.45) is 2.75. The van der Waals surface area contributed by atoms with Crippen molar-refractivity contribution in [2.45, 2.75) is 309 Å². The number of carboxylic acids is 1. The van der Waals surface area contributed by atoms with Gasteiger partial charge in [-0.3, -0.25) is 57.6 Å². The molecule has 1 aliphatic carbocycles. The van der Waals surface area contributed by atoms with E-state index in [4.69, 9.17) is 91.8 Å². The molecule has 0 saturated heterocycles. The van der Waals surface area contributed by atoms with Gasteiger partial charge in [0.15, 0.2) is 25.2 Å². The molecule has 1 aromatic heterocycles. The number of nitrogens with zero attached hydrogens (tertiary/aromatic N) is 3. The molecule has 0 radical (unpaired) electrons. The molecule has 800 valence electrons. The number of likely N-dealkylation sites (N-methyl/N-ethyl adjacent to an activating group) is 2. The van der Waals surface area contributed by atoms with E-state index in [1.54, 1.807) is 53.8 Å². The molecule has 1 aromatic carbocycles. The first-order chi connectivity index (χ1) is 66.3. The highest BCUT2D eigenvalue weighted by atomic mass is 33.1. The van der Waals surface area contributed by atoms with Gasteiger partial charge in [-0.2, -0.15) is 0 Å². The second-order valence-electron chi connectivity index (χ2n) is 34.4. The maximum Gasteiger partial charge on any atom is 0.328 e. The van der Waals surface area contributed by atoms with Gasteiger partial charge < -0.3 is 128 Å². The van der Waals surface area contributed by atoms with Gasteiger partial charge in [0.25, 0.3) is 0 Å². The van der Waals surface area contributed by atoms with E-state index in [2.05, 4.69) is 31.6 Å². The van der Waals surface area contributed by atoms with Crippen molar-refractivity contribution in [1.82, 2.24) is 41.4 Å². The third kappa shape index (κ3) is 56.2. The Morgan fingerprint density at radius 3 is 1.43 bits per heavy atom. The standard InChI is InChI=1S/C59H100N6O15.C19H30N2O6S2.C12H22O7.C7H16O4/c1-16-38(7)53(65(12)58(73)51(36(3)4)63-57(72)52(37(5)6)64(10)11)47(75-13)33-46(67)43-26-21-27-44(43)54(77-15)39(8)55(70)62-45(32-41-24-19-18-20-25-41)56(71)60-30-23-31-78-59(74)40(9)61-48(68)28-22-29-49(69)79-35-50(76-14)80-42(17-2)34-66;1-3-15(13-22)27-19(25-2)14-26-18(24)9-6-7-16(23)20-11-12-28-29-17-8-4-5-10-21-17;1-3-9(7-13)19-12(17-2)8-18-11(16)6-4-5-10(14)15;1-3-6(4-8)11-7(5-9)10-2/h18-20,24-25,36-40,42-45,47,50-54,66H,16-17,21-23,26-35H2,1-15H3,(H,60,71)(H,61,68)(H,62,70)(H,63,72);4-5,8,10,15,19,22H,3,6-7,9,11-14H2,1-2H3,(H,20,23);9,12-13H,3-8H2,1-2H3,(H,14,15);6-9H,3-5H2,1-2H3/t38-,39+,40?,42?,43?,44+,45-,47+,50?,51-,52-,53-,54+;;;/m0.../s1. The number of ketones is 1. The van der Waals surface area contributed by atoms with Gasteiger partial charge in [0.2, 0.25) is 35.4 Å². The number of aliphatic carboxylic acids is 1. The van der Waals surface area contributed by atoms with E-state index in [0.717, 1.165) is 22.8 Å². The van der Waals surface area contributed by atoms with Crippen LogP contribution in [0.2, 0.25) is 0 Å². The molecule has 0 spiro atoms. The molecule has 1 saturated carbocycles. The Bertz CT molecular complexity index is 3650. The van der Waals surface area contributed by atoms with Gasteiger partial charge in [0.1, 0.15) is 48.8 Å². The Morgan fingerprint density at radius 1 is 0.504 bits per heavy atom. The Hall–Kier alpha value is -7.73.